The summed E-state index contributed by atoms with van der Waals surface area (Å²) in [6.45, 7) is 0. The number of benzene rings is 10. The van der Waals surface area contributed by atoms with Crippen LogP contribution in [0.25, 0.3) is 130 Å². The van der Waals surface area contributed by atoms with Gasteiger partial charge >= 0.3 is 0 Å². The highest BCUT2D eigenvalue weighted by atomic mass is 32.1. The molecule has 0 fully saturated rings. The van der Waals surface area contributed by atoms with Crippen molar-refractivity contribution in [1.82, 2.24) is 9.13 Å². The SMILES string of the molecule is c1ccc(-n2c3ccccc3c3c(-c4cc(-c5ccc6c7ccccc7n(-c7ccc8oc9ccccc9c8c7)c6c5)cc(-c5cccc6c5sc5ccccc56)c4)cccc32)cc1. The van der Waals surface area contributed by atoms with Crippen LogP contribution in [0.3, 0.4) is 0 Å². The number of hydrogen-bond acceptors (Lipinski definition) is 2. The lowest BCUT2D eigenvalue weighted by Gasteiger charge is -2.14. The van der Waals surface area contributed by atoms with Crippen LogP contribution >= 0.6 is 11.3 Å². The van der Waals surface area contributed by atoms with Crippen molar-refractivity contribution in [2.45, 2.75) is 0 Å². The molecule has 0 amide bonds. The van der Waals surface area contributed by atoms with E-state index in [0.717, 1.165) is 44.4 Å². The van der Waals surface area contributed by atoms with Crippen LogP contribution in [-0.4, -0.2) is 9.13 Å². The summed E-state index contributed by atoms with van der Waals surface area (Å²) in [4.78, 5) is 0. The molecule has 4 aromatic heterocycles. The Morgan fingerprint density at radius 1 is 0.312 bits per heavy atom. The van der Waals surface area contributed by atoms with Gasteiger partial charge in [-0.1, -0.05) is 133 Å². The van der Waals surface area contributed by atoms with Crippen LogP contribution in [-0.2, 0) is 0 Å². The van der Waals surface area contributed by atoms with Crippen molar-refractivity contribution in [3.05, 3.63) is 218 Å². The van der Waals surface area contributed by atoms with Crippen molar-refractivity contribution in [2.24, 2.45) is 0 Å². The van der Waals surface area contributed by atoms with Crippen LogP contribution in [0.4, 0.5) is 0 Å². The summed E-state index contributed by atoms with van der Waals surface area (Å²) in [6.07, 6.45) is 0. The van der Waals surface area contributed by atoms with E-state index in [4.69, 9.17) is 4.42 Å². The summed E-state index contributed by atoms with van der Waals surface area (Å²) >= 11 is 1.88. The quantitative estimate of drug-likeness (QED) is 0.169. The minimum atomic E-state index is 0.895. The average molecular weight is 833 g/mol. The third-order valence-electron chi connectivity index (χ3n) is 13.3. The first kappa shape index (κ1) is 35.4. The van der Waals surface area contributed by atoms with E-state index in [2.05, 4.69) is 215 Å². The van der Waals surface area contributed by atoms with E-state index in [1.165, 1.54) is 86.1 Å². The summed E-state index contributed by atoms with van der Waals surface area (Å²) in [7, 11) is 0. The number of rotatable bonds is 5. The van der Waals surface area contributed by atoms with Crippen LogP contribution in [0.2, 0.25) is 0 Å². The van der Waals surface area contributed by atoms with E-state index >= 15 is 0 Å². The first-order valence-electron chi connectivity index (χ1n) is 21.8. The molecular weight excluding hydrogens is 797 g/mol. The highest BCUT2D eigenvalue weighted by Gasteiger charge is 2.20. The molecule has 0 unspecified atom stereocenters. The Balaban J connectivity index is 1.04. The van der Waals surface area contributed by atoms with E-state index in [-0.39, 0.29) is 0 Å². The zero-order valence-electron chi connectivity index (χ0n) is 34.5. The minimum Gasteiger partial charge on any atom is -0.456 e. The molecule has 14 aromatic rings. The molecule has 298 valence electrons. The van der Waals surface area contributed by atoms with Crippen LogP contribution in [0, 0.1) is 0 Å². The fourth-order valence-corrected chi connectivity index (χ4v) is 11.7. The summed E-state index contributed by atoms with van der Waals surface area (Å²) in [6, 6.07) is 80.0. The summed E-state index contributed by atoms with van der Waals surface area (Å²) in [5.74, 6) is 0. The van der Waals surface area contributed by atoms with Crippen molar-refractivity contribution in [1.29, 1.82) is 0 Å². The van der Waals surface area contributed by atoms with Crippen LogP contribution in [0.5, 0.6) is 0 Å². The molecule has 4 heteroatoms. The van der Waals surface area contributed by atoms with E-state index in [9.17, 15) is 0 Å². The summed E-state index contributed by atoms with van der Waals surface area (Å²) < 4.78 is 13.7. The lowest BCUT2D eigenvalue weighted by molar-refractivity contribution is 0.669. The van der Waals surface area contributed by atoms with Gasteiger partial charge in [0.05, 0.1) is 22.1 Å². The van der Waals surface area contributed by atoms with Crippen molar-refractivity contribution in [2.75, 3.05) is 0 Å². The molecule has 14 rings (SSSR count). The number of aromatic nitrogens is 2. The summed E-state index contributed by atoms with van der Waals surface area (Å²) in [5, 5.41) is 9.79. The van der Waals surface area contributed by atoms with Crippen LogP contribution in [0.1, 0.15) is 0 Å². The Hall–Kier alpha value is -8.18. The molecule has 0 aliphatic rings. The van der Waals surface area contributed by atoms with Gasteiger partial charge in [-0.2, -0.15) is 0 Å². The first-order chi connectivity index (χ1) is 31.7. The van der Waals surface area contributed by atoms with E-state index in [1.807, 2.05) is 23.5 Å². The Morgan fingerprint density at radius 3 is 1.80 bits per heavy atom. The molecule has 4 heterocycles. The van der Waals surface area contributed by atoms with Gasteiger partial charge in [-0.15, -0.1) is 11.3 Å². The zero-order chi connectivity index (χ0) is 41.9. The molecule has 10 aromatic carbocycles. The largest absolute Gasteiger partial charge is 0.456 e. The molecular formula is C60H36N2OS. The normalized spacial score (nSPS) is 12.1. The number of furan rings is 1. The second-order valence-corrected chi connectivity index (χ2v) is 17.9. The van der Waals surface area contributed by atoms with Crippen molar-refractivity contribution < 1.29 is 4.42 Å². The molecule has 0 saturated heterocycles. The molecule has 0 bridgehead atoms. The molecule has 0 radical (unpaired) electrons. The maximum atomic E-state index is 6.28. The lowest BCUT2D eigenvalue weighted by Crippen LogP contribution is -1.94. The highest BCUT2D eigenvalue weighted by molar-refractivity contribution is 7.26. The first-order valence-corrected chi connectivity index (χ1v) is 22.6. The van der Waals surface area contributed by atoms with Crippen molar-refractivity contribution >= 4 is 97.1 Å². The molecule has 0 aliphatic heterocycles. The topological polar surface area (TPSA) is 23.0 Å². The van der Waals surface area contributed by atoms with Gasteiger partial charge in [0, 0.05) is 63.9 Å². The fourth-order valence-electron chi connectivity index (χ4n) is 10.5. The third kappa shape index (κ3) is 5.21. The van der Waals surface area contributed by atoms with Gasteiger partial charge in [0.25, 0.3) is 0 Å². The molecule has 0 atom stereocenters. The molecule has 0 spiro atoms. The standard InChI is InChI=1S/C60H36N2OS/c1-2-14-41(15-3-1)61-53-24-9-5-19-50(53)59-43(20-13-25-54(59)61)39-32-38(33-40(34-39)44-21-12-22-49-48-18-7-11-27-58(48)64-60(44)49)37-28-30-46-45-16-4-8-23-52(45)62(55(46)35-37)42-29-31-57-51(36-42)47-17-6-10-26-56(47)63-57/h1-36H. The number of fused-ring (bicyclic) bond motifs is 12. The number of nitrogens with zero attached hydrogens (tertiary/aromatic N) is 2. The predicted octanol–water partition coefficient (Wildman–Crippen LogP) is 17.1. The molecule has 0 saturated carbocycles. The monoisotopic (exact) mass is 832 g/mol. The van der Waals surface area contributed by atoms with Crippen LogP contribution in [0.15, 0.2) is 223 Å². The number of thiophene rings is 1. The smallest absolute Gasteiger partial charge is 0.135 e. The van der Waals surface area contributed by atoms with E-state index in [0.29, 0.717) is 0 Å². The Morgan fingerprint density at radius 2 is 0.922 bits per heavy atom. The maximum Gasteiger partial charge on any atom is 0.135 e. The molecule has 3 nitrogen and oxygen atoms in total. The van der Waals surface area contributed by atoms with E-state index in [1.54, 1.807) is 0 Å². The summed E-state index contributed by atoms with van der Waals surface area (Å²) in [5.41, 5.74) is 16.0. The second kappa shape index (κ2) is 13.7. The lowest BCUT2D eigenvalue weighted by atomic mass is 9.91. The zero-order valence-corrected chi connectivity index (χ0v) is 35.3. The van der Waals surface area contributed by atoms with Gasteiger partial charge in [-0.25, -0.2) is 0 Å². The number of para-hydroxylation sites is 4. The molecule has 0 N–H and O–H groups in total. The maximum absolute atomic E-state index is 6.28. The molecule has 0 aliphatic carbocycles. The van der Waals surface area contributed by atoms with Gasteiger partial charge < -0.3 is 13.6 Å². The van der Waals surface area contributed by atoms with Gasteiger partial charge in [-0.05, 0) is 118 Å². The van der Waals surface area contributed by atoms with Gasteiger partial charge in [-0.3, -0.25) is 0 Å². The number of hydrogen-bond donors (Lipinski definition) is 0. The molecule has 64 heavy (non-hydrogen) atoms. The van der Waals surface area contributed by atoms with Crippen molar-refractivity contribution in [3.8, 4) is 44.8 Å². The Labute approximate surface area is 371 Å². The third-order valence-corrected chi connectivity index (χ3v) is 14.5. The van der Waals surface area contributed by atoms with Gasteiger partial charge in [0.15, 0.2) is 0 Å². The predicted molar refractivity (Wildman–Crippen MR) is 272 cm³/mol. The minimum absolute atomic E-state index is 0.895. The Kier molecular flexibility index (Phi) is 7.56. The second-order valence-electron chi connectivity index (χ2n) is 16.8. The Bertz CT molecular complexity index is 4200. The highest BCUT2D eigenvalue weighted by Crippen LogP contribution is 2.45. The van der Waals surface area contributed by atoms with E-state index < -0.39 is 0 Å². The average Bonchev–Trinajstić information content (AvgIpc) is 4.11. The fraction of sp³-hybridized carbons (Fsp3) is 0. The van der Waals surface area contributed by atoms with Crippen LogP contribution < -0.4 is 0 Å². The van der Waals surface area contributed by atoms with Crippen molar-refractivity contribution in [3.63, 3.8) is 0 Å². The van der Waals surface area contributed by atoms with Gasteiger partial charge in [0.1, 0.15) is 11.2 Å². The van der Waals surface area contributed by atoms with Gasteiger partial charge in [0.2, 0.25) is 0 Å².